The van der Waals surface area contributed by atoms with Gasteiger partial charge in [-0.2, -0.15) is 0 Å². The summed E-state index contributed by atoms with van der Waals surface area (Å²) >= 11 is 0. The van der Waals surface area contributed by atoms with Crippen molar-refractivity contribution in [2.24, 2.45) is 0 Å². The fraction of sp³-hybridized carbons (Fsp3) is 0.923. The number of hydrogen-bond acceptors (Lipinski definition) is 5. The largest absolute Gasteiger partial charge is 0.466 e. The van der Waals surface area contributed by atoms with Crippen LogP contribution < -0.4 is 0 Å². The highest BCUT2D eigenvalue weighted by molar-refractivity contribution is 5.69. The van der Waals surface area contributed by atoms with Gasteiger partial charge in [-0.15, -0.1) is 0 Å². The Bertz CT molecular complexity index is 261. The van der Waals surface area contributed by atoms with Gasteiger partial charge in [0.2, 0.25) is 0 Å². The summed E-state index contributed by atoms with van der Waals surface area (Å²) in [6.45, 7) is 8.91. The predicted octanol–water partition coefficient (Wildman–Crippen LogP) is 0.325. The predicted molar refractivity (Wildman–Crippen MR) is 70.4 cm³/mol. The normalized spacial score (nSPS) is 28.1. The first kappa shape index (κ1) is 15.4. The van der Waals surface area contributed by atoms with Gasteiger partial charge in [0.15, 0.2) is 0 Å². The minimum absolute atomic E-state index is 0.0863. The van der Waals surface area contributed by atoms with E-state index < -0.39 is 6.10 Å². The molecule has 1 rings (SSSR count). The lowest BCUT2D eigenvalue weighted by molar-refractivity contribution is -0.145. The van der Waals surface area contributed by atoms with Crippen LogP contribution in [0.15, 0.2) is 0 Å². The van der Waals surface area contributed by atoms with Crippen molar-refractivity contribution in [2.75, 3.05) is 33.3 Å². The highest BCUT2D eigenvalue weighted by atomic mass is 16.5. The van der Waals surface area contributed by atoms with E-state index in [1.165, 1.54) is 0 Å². The zero-order valence-electron chi connectivity index (χ0n) is 11.9. The zero-order valence-corrected chi connectivity index (χ0v) is 11.9. The molecule has 18 heavy (non-hydrogen) atoms. The number of carbonyl (C=O) groups excluding carboxylic acids is 1. The van der Waals surface area contributed by atoms with Crippen molar-refractivity contribution in [3.63, 3.8) is 0 Å². The molecule has 3 unspecified atom stereocenters. The molecule has 1 saturated heterocycles. The van der Waals surface area contributed by atoms with Crippen LogP contribution in [0, 0.1) is 0 Å². The van der Waals surface area contributed by atoms with Crippen molar-refractivity contribution in [1.82, 2.24) is 9.80 Å². The molecular weight excluding hydrogens is 232 g/mol. The molecule has 5 nitrogen and oxygen atoms in total. The van der Waals surface area contributed by atoms with Crippen molar-refractivity contribution >= 4 is 5.97 Å². The van der Waals surface area contributed by atoms with E-state index in [0.717, 1.165) is 13.1 Å². The van der Waals surface area contributed by atoms with Crippen LogP contribution in [-0.2, 0) is 9.53 Å². The SMILES string of the molecule is CCOC(=O)CC(O)CN1CC(C)N(C)C(C)C1. The molecule has 0 radical (unpaired) electrons. The maximum atomic E-state index is 11.3. The molecule has 0 aromatic carbocycles. The highest BCUT2D eigenvalue weighted by Gasteiger charge is 2.27. The van der Waals surface area contributed by atoms with Crippen molar-refractivity contribution in [3.8, 4) is 0 Å². The second-order valence-electron chi connectivity index (χ2n) is 5.25. The Balaban J connectivity index is 2.36. The van der Waals surface area contributed by atoms with E-state index in [1.54, 1.807) is 6.92 Å². The fourth-order valence-corrected chi connectivity index (χ4v) is 2.44. The quantitative estimate of drug-likeness (QED) is 0.720. The van der Waals surface area contributed by atoms with Gasteiger partial charge in [-0.1, -0.05) is 0 Å². The van der Waals surface area contributed by atoms with E-state index in [-0.39, 0.29) is 12.4 Å². The Labute approximate surface area is 110 Å². The lowest BCUT2D eigenvalue weighted by Crippen LogP contribution is -2.56. The Morgan fingerprint density at radius 3 is 2.44 bits per heavy atom. The molecule has 1 aliphatic rings. The van der Waals surface area contributed by atoms with Gasteiger partial charge >= 0.3 is 5.97 Å². The molecule has 0 aromatic rings. The molecule has 0 amide bonds. The number of aliphatic hydroxyl groups is 1. The second kappa shape index (κ2) is 7.07. The molecule has 1 N–H and O–H groups in total. The van der Waals surface area contributed by atoms with Crippen molar-refractivity contribution in [2.45, 2.75) is 45.4 Å². The lowest BCUT2D eigenvalue weighted by Gasteiger charge is -2.43. The number of nitrogens with zero attached hydrogens (tertiary/aromatic N) is 2. The minimum Gasteiger partial charge on any atom is -0.466 e. The molecule has 0 saturated carbocycles. The van der Waals surface area contributed by atoms with Crippen LogP contribution in [-0.4, -0.2) is 72.4 Å². The van der Waals surface area contributed by atoms with E-state index in [4.69, 9.17) is 4.74 Å². The summed E-state index contributed by atoms with van der Waals surface area (Å²) < 4.78 is 4.84. The molecular formula is C13H26N2O3. The third-order valence-corrected chi connectivity index (χ3v) is 3.61. The molecule has 106 valence electrons. The van der Waals surface area contributed by atoms with Crippen LogP contribution in [0.2, 0.25) is 0 Å². The van der Waals surface area contributed by atoms with E-state index in [0.29, 0.717) is 25.2 Å². The Kier molecular flexibility index (Phi) is 6.05. The van der Waals surface area contributed by atoms with Gasteiger partial charge in [-0.05, 0) is 27.8 Å². The van der Waals surface area contributed by atoms with Crippen LogP contribution in [0.25, 0.3) is 0 Å². The van der Waals surface area contributed by atoms with Gasteiger partial charge in [0, 0.05) is 31.7 Å². The Morgan fingerprint density at radius 2 is 1.94 bits per heavy atom. The van der Waals surface area contributed by atoms with Gasteiger partial charge in [0.25, 0.3) is 0 Å². The van der Waals surface area contributed by atoms with Crippen molar-refractivity contribution in [1.29, 1.82) is 0 Å². The van der Waals surface area contributed by atoms with E-state index in [9.17, 15) is 9.90 Å². The summed E-state index contributed by atoms with van der Waals surface area (Å²) in [6.07, 6.45) is -0.546. The summed E-state index contributed by atoms with van der Waals surface area (Å²) in [7, 11) is 2.13. The van der Waals surface area contributed by atoms with Gasteiger partial charge in [-0.25, -0.2) is 0 Å². The van der Waals surface area contributed by atoms with Crippen LogP contribution in [0.1, 0.15) is 27.2 Å². The number of β-amino-alcohol motifs (C(OH)–C–C–N with tert-alkyl or cyclic N) is 1. The number of likely N-dealkylation sites (N-methyl/N-ethyl adjacent to an activating group) is 1. The number of carbonyl (C=O) groups is 1. The number of piperazine rings is 1. The zero-order chi connectivity index (χ0) is 13.7. The lowest BCUT2D eigenvalue weighted by atomic mass is 10.1. The minimum atomic E-state index is -0.633. The van der Waals surface area contributed by atoms with Gasteiger partial charge in [0.1, 0.15) is 0 Å². The average Bonchev–Trinajstić information content (AvgIpc) is 2.25. The number of aliphatic hydroxyl groups excluding tert-OH is 1. The maximum absolute atomic E-state index is 11.3. The number of esters is 1. The first-order valence-electron chi connectivity index (χ1n) is 6.72. The molecule has 5 heteroatoms. The number of ether oxygens (including phenoxy) is 1. The molecule has 0 aliphatic carbocycles. The monoisotopic (exact) mass is 258 g/mol. The number of hydrogen-bond donors (Lipinski definition) is 1. The summed E-state index contributed by atoms with van der Waals surface area (Å²) in [5, 5.41) is 9.88. The smallest absolute Gasteiger partial charge is 0.308 e. The average molecular weight is 258 g/mol. The van der Waals surface area contributed by atoms with Crippen LogP contribution >= 0.6 is 0 Å². The first-order chi connectivity index (χ1) is 8.43. The molecule has 1 heterocycles. The third kappa shape index (κ3) is 4.55. The topological polar surface area (TPSA) is 53.0 Å². The summed E-state index contributed by atoms with van der Waals surface area (Å²) in [5.41, 5.74) is 0. The van der Waals surface area contributed by atoms with E-state index in [1.807, 2.05) is 0 Å². The second-order valence-corrected chi connectivity index (χ2v) is 5.25. The van der Waals surface area contributed by atoms with Crippen LogP contribution in [0.4, 0.5) is 0 Å². The van der Waals surface area contributed by atoms with E-state index in [2.05, 4.69) is 30.7 Å². The van der Waals surface area contributed by atoms with Gasteiger partial charge < -0.3 is 9.84 Å². The van der Waals surface area contributed by atoms with Gasteiger partial charge in [-0.3, -0.25) is 14.6 Å². The molecule has 3 atom stereocenters. The molecule has 0 bridgehead atoms. The van der Waals surface area contributed by atoms with Crippen molar-refractivity contribution < 1.29 is 14.6 Å². The summed E-state index contributed by atoms with van der Waals surface area (Å²) in [4.78, 5) is 15.8. The third-order valence-electron chi connectivity index (χ3n) is 3.61. The standard InChI is InChI=1S/C13H26N2O3/c1-5-18-13(17)6-12(16)9-15-7-10(2)14(4)11(3)8-15/h10-12,16H,5-9H2,1-4H3. The highest BCUT2D eigenvalue weighted by Crippen LogP contribution is 2.14. The van der Waals surface area contributed by atoms with Crippen molar-refractivity contribution in [3.05, 3.63) is 0 Å². The van der Waals surface area contributed by atoms with Crippen LogP contribution in [0.3, 0.4) is 0 Å². The molecule has 0 spiro atoms. The number of rotatable bonds is 5. The fourth-order valence-electron chi connectivity index (χ4n) is 2.44. The Hall–Kier alpha value is -0.650. The molecule has 0 aromatic heterocycles. The molecule has 1 fully saturated rings. The Morgan fingerprint density at radius 1 is 1.39 bits per heavy atom. The van der Waals surface area contributed by atoms with Crippen LogP contribution in [0.5, 0.6) is 0 Å². The molecule has 1 aliphatic heterocycles. The van der Waals surface area contributed by atoms with E-state index >= 15 is 0 Å². The summed E-state index contributed by atoms with van der Waals surface area (Å²) in [6, 6.07) is 0.951. The maximum Gasteiger partial charge on any atom is 0.308 e. The first-order valence-corrected chi connectivity index (χ1v) is 6.72. The van der Waals surface area contributed by atoms with Gasteiger partial charge in [0.05, 0.1) is 19.1 Å². The summed E-state index contributed by atoms with van der Waals surface area (Å²) in [5.74, 6) is -0.319.